The van der Waals surface area contributed by atoms with E-state index in [2.05, 4.69) is 21.2 Å². The third kappa shape index (κ3) is 9.37. The molecule has 0 unspecified atom stereocenters. The molecular formula is C26H25BrF3N3O6. The Hall–Kier alpha value is -3.97. The number of nitrogens with two attached hydrogens (primary N) is 1. The summed E-state index contributed by atoms with van der Waals surface area (Å²) in [6.07, 6.45) is -3.57. The first-order chi connectivity index (χ1) is 18.4. The Morgan fingerprint density at radius 3 is 2.15 bits per heavy atom. The Kier molecular flexibility index (Phi) is 11.4. The van der Waals surface area contributed by atoms with Crippen LogP contribution in [0.4, 0.5) is 13.2 Å². The molecule has 2 aromatic carbocycles. The van der Waals surface area contributed by atoms with Crippen LogP contribution >= 0.6 is 15.9 Å². The minimum Gasteiger partial charge on any atom is -0.475 e. The number of hydrogen-bond donors (Lipinski definition) is 3. The third-order valence-electron chi connectivity index (χ3n) is 5.23. The number of alkyl halides is 3. The number of methoxy groups -OCH3 is 1. The van der Waals surface area contributed by atoms with Gasteiger partial charge in [0.1, 0.15) is 5.56 Å². The maximum atomic E-state index is 13.0. The van der Waals surface area contributed by atoms with Gasteiger partial charge in [-0.3, -0.25) is 14.4 Å². The number of nitrogens with zero attached hydrogens (tertiary/aromatic N) is 1. The number of aromatic nitrogens is 1. The first kappa shape index (κ1) is 31.2. The van der Waals surface area contributed by atoms with E-state index in [4.69, 9.17) is 20.4 Å². The fourth-order valence-electron chi connectivity index (χ4n) is 3.34. The van der Waals surface area contributed by atoms with E-state index in [1.807, 2.05) is 54.6 Å². The van der Waals surface area contributed by atoms with Gasteiger partial charge in [0.25, 0.3) is 11.5 Å². The van der Waals surface area contributed by atoms with Crippen molar-refractivity contribution in [2.45, 2.75) is 25.2 Å². The van der Waals surface area contributed by atoms with Crippen molar-refractivity contribution in [2.75, 3.05) is 13.7 Å². The third-order valence-corrected chi connectivity index (χ3v) is 5.67. The van der Waals surface area contributed by atoms with Crippen molar-refractivity contribution < 1.29 is 37.4 Å². The standard InChI is InChI=1S/C24H24BrN3O4.C2HF3O2/c1-32-22(29)14-21(18-9-7-17(8-10-18)16-5-3-2-4-6-16)27-23(30)20-13-19(25)15-28(12-11-26)24(20)31;3-2(4,5)1(6)7/h2-10,13,15,21H,11-12,14,26H2,1H3,(H,27,30);(H,6,7)/t21-;/m1./s1. The van der Waals surface area contributed by atoms with Crippen LogP contribution in [0, 0.1) is 0 Å². The molecule has 4 N–H and O–H groups in total. The number of carbonyl (C=O) groups excluding carboxylic acids is 2. The van der Waals surface area contributed by atoms with E-state index in [0.29, 0.717) is 4.47 Å². The van der Waals surface area contributed by atoms with Gasteiger partial charge < -0.3 is 25.5 Å². The Labute approximate surface area is 229 Å². The highest BCUT2D eigenvalue weighted by Gasteiger charge is 2.38. The molecule has 0 aliphatic rings. The lowest BCUT2D eigenvalue weighted by Gasteiger charge is -2.19. The summed E-state index contributed by atoms with van der Waals surface area (Å²) in [5.74, 6) is -3.81. The van der Waals surface area contributed by atoms with E-state index in [-0.39, 0.29) is 25.1 Å². The first-order valence-electron chi connectivity index (χ1n) is 11.3. The van der Waals surface area contributed by atoms with E-state index in [1.54, 1.807) is 6.20 Å². The molecule has 0 aliphatic carbocycles. The lowest BCUT2D eigenvalue weighted by Crippen LogP contribution is -2.36. The molecule has 3 rings (SSSR count). The summed E-state index contributed by atoms with van der Waals surface area (Å²) < 4.78 is 38.5. The minimum absolute atomic E-state index is 0.0383. The van der Waals surface area contributed by atoms with Crippen LogP contribution in [-0.4, -0.2) is 47.4 Å². The molecule has 0 saturated heterocycles. The number of carboxylic acids is 1. The second kappa shape index (κ2) is 14.3. The van der Waals surface area contributed by atoms with Gasteiger partial charge in [0.05, 0.1) is 19.6 Å². The largest absolute Gasteiger partial charge is 0.490 e. The molecule has 9 nitrogen and oxygen atoms in total. The molecule has 3 aromatic rings. The van der Waals surface area contributed by atoms with Gasteiger partial charge in [-0.15, -0.1) is 0 Å². The number of carbonyl (C=O) groups is 3. The molecule has 0 bridgehead atoms. The highest BCUT2D eigenvalue weighted by atomic mass is 79.9. The molecule has 1 atom stereocenters. The van der Waals surface area contributed by atoms with Crippen LogP contribution in [0.2, 0.25) is 0 Å². The smallest absolute Gasteiger partial charge is 0.475 e. The van der Waals surface area contributed by atoms with Gasteiger partial charge in [-0.2, -0.15) is 13.2 Å². The van der Waals surface area contributed by atoms with Crippen LogP contribution in [0.5, 0.6) is 0 Å². The lowest BCUT2D eigenvalue weighted by molar-refractivity contribution is -0.192. The summed E-state index contributed by atoms with van der Waals surface area (Å²) in [5.41, 5.74) is 7.86. The van der Waals surface area contributed by atoms with Crippen molar-refractivity contribution in [1.29, 1.82) is 0 Å². The maximum Gasteiger partial charge on any atom is 0.490 e. The SMILES string of the molecule is COC(=O)C[C@@H](NC(=O)c1cc(Br)cn(CCN)c1=O)c1ccc(-c2ccccc2)cc1.O=C(O)C(F)(F)F. The van der Waals surface area contributed by atoms with Crippen molar-refractivity contribution in [2.24, 2.45) is 5.73 Å². The van der Waals surface area contributed by atoms with Crippen LogP contribution < -0.4 is 16.6 Å². The Balaban J connectivity index is 0.000000673. The molecule has 1 amide bonds. The highest BCUT2D eigenvalue weighted by molar-refractivity contribution is 9.10. The van der Waals surface area contributed by atoms with Crippen molar-refractivity contribution in [3.63, 3.8) is 0 Å². The molecule has 13 heteroatoms. The van der Waals surface area contributed by atoms with Crippen LogP contribution in [0.1, 0.15) is 28.4 Å². The van der Waals surface area contributed by atoms with Crippen LogP contribution in [0.3, 0.4) is 0 Å². The minimum atomic E-state index is -5.08. The summed E-state index contributed by atoms with van der Waals surface area (Å²) in [7, 11) is 1.29. The van der Waals surface area contributed by atoms with E-state index in [0.717, 1.165) is 16.7 Å². The van der Waals surface area contributed by atoms with Crippen LogP contribution in [0.25, 0.3) is 11.1 Å². The van der Waals surface area contributed by atoms with E-state index in [1.165, 1.54) is 17.7 Å². The second-order valence-corrected chi connectivity index (χ2v) is 8.87. The summed E-state index contributed by atoms with van der Waals surface area (Å²) in [4.78, 5) is 46.6. The molecular weight excluding hydrogens is 587 g/mol. The molecule has 0 saturated carbocycles. The molecule has 0 radical (unpaired) electrons. The number of carboxylic acid groups (broad SMARTS) is 1. The topological polar surface area (TPSA) is 141 Å². The van der Waals surface area contributed by atoms with Gasteiger partial charge in [-0.1, -0.05) is 54.6 Å². The van der Waals surface area contributed by atoms with Gasteiger partial charge in [0.2, 0.25) is 0 Å². The fourth-order valence-corrected chi connectivity index (χ4v) is 3.82. The van der Waals surface area contributed by atoms with Crippen molar-refractivity contribution in [3.8, 4) is 11.1 Å². The number of rotatable bonds is 8. The number of halogens is 4. The Morgan fingerprint density at radius 1 is 1.08 bits per heavy atom. The fraction of sp³-hybridized carbons (Fsp3) is 0.231. The predicted octanol–water partition coefficient (Wildman–Crippen LogP) is 3.90. The normalized spacial score (nSPS) is 11.5. The lowest BCUT2D eigenvalue weighted by atomic mass is 9.99. The summed E-state index contributed by atoms with van der Waals surface area (Å²) >= 11 is 3.32. The Bertz CT molecular complexity index is 1350. The summed E-state index contributed by atoms with van der Waals surface area (Å²) in [5, 5.41) is 9.93. The average Bonchev–Trinajstić information content (AvgIpc) is 2.90. The van der Waals surface area contributed by atoms with E-state index >= 15 is 0 Å². The number of benzene rings is 2. The molecule has 1 aromatic heterocycles. The average molecular weight is 612 g/mol. The molecule has 1 heterocycles. The predicted molar refractivity (Wildman–Crippen MR) is 140 cm³/mol. The van der Waals surface area contributed by atoms with Crippen molar-refractivity contribution in [3.05, 3.63) is 92.8 Å². The number of pyridine rings is 1. The highest BCUT2D eigenvalue weighted by Crippen LogP contribution is 2.24. The van der Waals surface area contributed by atoms with Gasteiger partial charge in [-0.05, 0) is 38.7 Å². The van der Waals surface area contributed by atoms with E-state index in [9.17, 15) is 27.6 Å². The van der Waals surface area contributed by atoms with Gasteiger partial charge in [0, 0.05) is 23.8 Å². The van der Waals surface area contributed by atoms with Crippen LogP contribution in [-0.2, 0) is 20.9 Å². The zero-order valence-corrected chi connectivity index (χ0v) is 22.2. The van der Waals surface area contributed by atoms with Crippen LogP contribution in [0.15, 0.2) is 76.1 Å². The molecule has 0 fully saturated rings. The number of aliphatic carboxylic acids is 1. The number of nitrogens with one attached hydrogen (secondary N) is 1. The van der Waals surface area contributed by atoms with Gasteiger partial charge in [-0.25, -0.2) is 4.79 Å². The number of amides is 1. The van der Waals surface area contributed by atoms with E-state index < -0.39 is 35.6 Å². The zero-order chi connectivity index (χ0) is 29.2. The number of esters is 1. The molecule has 0 aliphatic heterocycles. The van der Waals surface area contributed by atoms with Crippen molar-refractivity contribution >= 4 is 33.8 Å². The molecule has 39 heavy (non-hydrogen) atoms. The number of hydrogen-bond acceptors (Lipinski definition) is 6. The van der Waals surface area contributed by atoms with Crippen molar-refractivity contribution in [1.82, 2.24) is 9.88 Å². The Morgan fingerprint density at radius 2 is 1.64 bits per heavy atom. The summed E-state index contributed by atoms with van der Waals surface area (Å²) in [6, 6.07) is 18.2. The monoisotopic (exact) mass is 611 g/mol. The van der Waals surface area contributed by atoms with Gasteiger partial charge >= 0.3 is 18.1 Å². The first-order valence-corrected chi connectivity index (χ1v) is 12.1. The quantitative estimate of drug-likeness (QED) is 0.328. The maximum absolute atomic E-state index is 13.0. The summed E-state index contributed by atoms with van der Waals surface area (Å²) in [6.45, 7) is 0.543. The molecule has 0 spiro atoms. The van der Waals surface area contributed by atoms with Gasteiger partial charge in [0.15, 0.2) is 0 Å². The second-order valence-electron chi connectivity index (χ2n) is 7.96. The zero-order valence-electron chi connectivity index (χ0n) is 20.6. The number of ether oxygens (including phenoxy) is 1. The molecule has 208 valence electrons.